The molecule has 0 bridgehead atoms. The number of hydrogen-bond donors (Lipinski definition) is 1. The number of anilines is 1. The molecule has 0 saturated heterocycles. The maximum atomic E-state index is 13.5. The number of alkyl halides is 3. The van der Waals surface area contributed by atoms with E-state index in [-0.39, 0.29) is 27.7 Å². The van der Waals surface area contributed by atoms with E-state index in [4.69, 9.17) is 34.8 Å². The molecular formula is C24H27Cl3F3N3O4S. The Bertz CT molecular complexity index is 1290. The number of amides is 2. The second-order valence-electron chi connectivity index (χ2n) is 8.70. The molecule has 0 fully saturated rings. The van der Waals surface area contributed by atoms with Crippen LogP contribution in [0, 0.1) is 0 Å². The zero-order valence-electron chi connectivity index (χ0n) is 20.9. The average molecular weight is 617 g/mol. The van der Waals surface area contributed by atoms with Crippen LogP contribution in [0.25, 0.3) is 0 Å². The van der Waals surface area contributed by atoms with Gasteiger partial charge >= 0.3 is 6.18 Å². The highest BCUT2D eigenvalue weighted by Crippen LogP contribution is 2.36. The van der Waals surface area contributed by atoms with Crippen LogP contribution >= 0.6 is 34.8 Å². The van der Waals surface area contributed by atoms with Crippen LogP contribution < -0.4 is 9.62 Å². The lowest BCUT2D eigenvalue weighted by atomic mass is 10.1. The van der Waals surface area contributed by atoms with Gasteiger partial charge in [-0.3, -0.25) is 13.9 Å². The van der Waals surface area contributed by atoms with E-state index in [9.17, 15) is 31.2 Å². The minimum atomic E-state index is -4.78. The first-order chi connectivity index (χ1) is 17.4. The molecular weight excluding hydrogens is 590 g/mol. The van der Waals surface area contributed by atoms with Crippen molar-refractivity contribution in [1.82, 2.24) is 10.2 Å². The maximum Gasteiger partial charge on any atom is 0.416 e. The first kappa shape index (κ1) is 32.0. The first-order valence-electron chi connectivity index (χ1n) is 11.3. The van der Waals surface area contributed by atoms with Gasteiger partial charge in [-0.2, -0.15) is 13.2 Å². The van der Waals surface area contributed by atoms with Crippen LogP contribution in [-0.4, -0.2) is 50.0 Å². The Labute approximate surface area is 234 Å². The molecule has 2 aromatic carbocycles. The molecule has 2 rings (SSSR count). The second kappa shape index (κ2) is 12.8. The summed E-state index contributed by atoms with van der Waals surface area (Å²) in [5.74, 6) is -1.36. The smallest absolute Gasteiger partial charge is 0.352 e. The number of carbonyl (C=O) groups is 2. The van der Waals surface area contributed by atoms with Gasteiger partial charge in [0.05, 0.1) is 32.6 Å². The van der Waals surface area contributed by atoms with Crippen LogP contribution in [0.4, 0.5) is 18.9 Å². The number of nitrogens with one attached hydrogen (secondary N) is 1. The third-order valence-electron chi connectivity index (χ3n) is 5.73. The van der Waals surface area contributed by atoms with E-state index in [2.05, 4.69) is 5.32 Å². The summed E-state index contributed by atoms with van der Waals surface area (Å²) >= 11 is 18.1. The normalized spacial score (nSPS) is 13.5. The van der Waals surface area contributed by atoms with Gasteiger partial charge in [-0.1, -0.05) is 47.8 Å². The molecule has 210 valence electrons. The molecule has 0 aliphatic carbocycles. The Morgan fingerprint density at radius 1 is 1.00 bits per heavy atom. The van der Waals surface area contributed by atoms with Crippen molar-refractivity contribution < 1.29 is 31.2 Å². The van der Waals surface area contributed by atoms with Crippen molar-refractivity contribution >= 4 is 62.3 Å². The van der Waals surface area contributed by atoms with Crippen LogP contribution in [0.1, 0.15) is 38.3 Å². The summed E-state index contributed by atoms with van der Waals surface area (Å²) in [4.78, 5) is 27.5. The van der Waals surface area contributed by atoms with E-state index in [1.54, 1.807) is 13.0 Å². The number of carbonyl (C=O) groups excluding carboxylic acids is 2. The van der Waals surface area contributed by atoms with Gasteiger partial charge in [-0.05, 0) is 56.2 Å². The highest BCUT2D eigenvalue weighted by atomic mass is 35.5. The molecule has 0 aliphatic heterocycles. The quantitative estimate of drug-likeness (QED) is 0.368. The highest BCUT2D eigenvalue weighted by molar-refractivity contribution is 7.92. The van der Waals surface area contributed by atoms with Gasteiger partial charge < -0.3 is 10.2 Å². The van der Waals surface area contributed by atoms with Crippen molar-refractivity contribution in [1.29, 1.82) is 0 Å². The third kappa shape index (κ3) is 8.39. The van der Waals surface area contributed by atoms with Crippen LogP contribution in [-0.2, 0) is 32.3 Å². The minimum absolute atomic E-state index is 0.168. The maximum absolute atomic E-state index is 13.5. The Morgan fingerprint density at radius 2 is 1.61 bits per heavy atom. The van der Waals surface area contributed by atoms with E-state index >= 15 is 0 Å². The molecule has 14 heteroatoms. The van der Waals surface area contributed by atoms with Crippen molar-refractivity contribution in [2.45, 2.75) is 52.0 Å². The van der Waals surface area contributed by atoms with Gasteiger partial charge in [0.2, 0.25) is 21.8 Å². The fraction of sp³-hybridized carbons (Fsp3) is 0.417. The Balaban J connectivity index is 2.52. The average Bonchev–Trinajstić information content (AvgIpc) is 2.81. The summed E-state index contributed by atoms with van der Waals surface area (Å²) in [5, 5.41) is 2.91. The standard InChI is InChI=1S/C24H27Cl3F3N3O4S/c1-5-14(2)31-23(35)15(3)32(12-16-6-8-18(25)20(27)10-16)22(34)13-33(38(4,36)37)21-11-17(24(28,29)30)7-9-19(21)26/h6-11,14-15H,5,12-13H2,1-4H3,(H,31,35). The number of halogens is 6. The van der Waals surface area contributed by atoms with Crippen molar-refractivity contribution in [2.75, 3.05) is 17.1 Å². The number of rotatable bonds is 10. The summed E-state index contributed by atoms with van der Waals surface area (Å²) in [5.41, 5.74) is -1.19. The van der Waals surface area contributed by atoms with E-state index in [1.807, 2.05) is 6.92 Å². The topological polar surface area (TPSA) is 86.8 Å². The second-order valence-corrected chi connectivity index (χ2v) is 11.8. The lowest BCUT2D eigenvalue weighted by molar-refractivity contribution is -0.139. The summed E-state index contributed by atoms with van der Waals surface area (Å²) in [6, 6.07) is 5.43. The molecule has 38 heavy (non-hydrogen) atoms. The molecule has 0 aliphatic rings. The fourth-order valence-corrected chi connectivity index (χ4v) is 4.80. The zero-order chi connectivity index (χ0) is 29.0. The minimum Gasteiger partial charge on any atom is -0.352 e. The molecule has 0 aromatic heterocycles. The molecule has 0 spiro atoms. The molecule has 2 amide bonds. The van der Waals surface area contributed by atoms with E-state index in [0.717, 1.165) is 17.2 Å². The third-order valence-corrected chi connectivity index (χ3v) is 7.91. The van der Waals surface area contributed by atoms with Crippen LogP contribution in [0.2, 0.25) is 15.1 Å². The number of hydrogen-bond acceptors (Lipinski definition) is 4. The molecule has 0 radical (unpaired) electrons. The zero-order valence-corrected chi connectivity index (χ0v) is 24.0. The van der Waals surface area contributed by atoms with Gasteiger partial charge in [-0.15, -0.1) is 0 Å². The van der Waals surface area contributed by atoms with E-state index in [1.165, 1.54) is 19.1 Å². The van der Waals surface area contributed by atoms with Crippen molar-refractivity contribution in [3.05, 3.63) is 62.6 Å². The molecule has 2 unspecified atom stereocenters. The van der Waals surface area contributed by atoms with Crippen molar-refractivity contribution in [3.8, 4) is 0 Å². The van der Waals surface area contributed by atoms with Gasteiger partial charge in [0.15, 0.2) is 0 Å². The van der Waals surface area contributed by atoms with Crippen molar-refractivity contribution in [3.63, 3.8) is 0 Å². The SMILES string of the molecule is CCC(C)NC(=O)C(C)N(Cc1ccc(Cl)c(Cl)c1)C(=O)CN(c1cc(C(F)(F)F)ccc1Cl)S(C)(=O)=O. The molecule has 0 saturated carbocycles. The largest absolute Gasteiger partial charge is 0.416 e. The predicted molar refractivity (Wildman–Crippen MR) is 143 cm³/mol. The molecule has 0 heterocycles. The monoisotopic (exact) mass is 615 g/mol. The highest BCUT2D eigenvalue weighted by Gasteiger charge is 2.34. The van der Waals surface area contributed by atoms with Crippen molar-refractivity contribution in [2.24, 2.45) is 0 Å². The van der Waals surface area contributed by atoms with Gasteiger partial charge in [0.1, 0.15) is 12.6 Å². The number of sulfonamides is 1. The van der Waals surface area contributed by atoms with Crippen LogP contribution in [0.15, 0.2) is 36.4 Å². The summed E-state index contributed by atoms with van der Waals surface area (Å²) < 4.78 is 65.7. The summed E-state index contributed by atoms with van der Waals surface area (Å²) in [7, 11) is -4.29. The fourth-order valence-electron chi connectivity index (χ4n) is 3.36. The Hall–Kier alpha value is -2.21. The lowest BCUT2D eigenvalue weighted by Gasteiger charge is -2.32. The predicted octanol–water partition coefficient (Wildman–Crippen LogP) is 5.76. The molecule has 2 aromatic rings. The molecule has 1 N–H and O–H groups in total. The number of nitrogens with zero attached hydrogens (tertiary/aromatic N) is 2. The molecule has 7 nitrogen and oxygen atoms in total. The first-order valence-corrected chi connectivity index (χ1v) is 14.3. The molecule has 2 atom stereocenters. The summed E-state index contributed by atoms with van der Waals surface area (Å²) in [6.45, 7) is 4.00. The number of benzene rings is 2. The Kier molecular flexibility index (Phi) is 10.7. The van der Waals surface area contributed by atoms with Gasteiger partial charge in [0.25, 0.3) is 0 Å². The summed E-state index contributed by atoms with van der Waals surface area (Å²) in [6.07, 6.45) is -3.43. The van der Waals surface area contributed by atoms with Gasteiger partial charge in [-0.25, -0.2) is 8.42 Å². The van der Waals surface area contributed by atoms with E-state index in [0.29, 0.717) is 28.4 Å². The van der Waals surface area contributed by atoms with E-state index < -0.39 is 51.9 Å². The Morgan fingerprint density at radius 3 is 2.13 bits per heavy atom. The van der Waals surface area contributed by atoms with Crippen LogP contribution in [0.3, 0.4) is 0 Å². The van der Waals surface area contributed by atoms with Crippen LogP contribution in [0.5, 0.6) is 0 Å². The lowest BCUT2D eigenvalue weighted by Crippen LogP contribution is -2.52. The van der Waals surface area contributed by atoms with Gasteiger partial charge in [0, 0.05) is 12.6 Å².